The number of halogens is 1. The minimum Gasteiger partial charge on any atom is -0.381 e. The molecule has 7 nitrogen and oxygen atoms in total. The molecule has 0 aliphatic carbocycles. The number of nitrogens with zero attached hydrogens (tertiary/aromatic N) is 3. The number of rotatable bonds is 7. The van der Waals surface area contributed by atoms with Crippen LogP contribution in [0.25, 0.3) is 0 Å². The molecule has 1 aromatic rings. The molecule has 4 aliphatic heterocycles. The van der Waals surface area contributed by atoms with Crippen molar-refractivity contribution in [2.75, 3.05) is 59.0 Å². The lowest BCUT2D eigenvalue weighted by atomic mass is 10.0. The number of dihydropyridines is 1. The highest BCUT2D eigenvalue weighted by Crippen LogP contribution is 2.23. The summed E-state index contributed by atoms with van der Waals surface area (Å²) in [6.07, 6.45) is 11.8. The molecule has 4 aliphatic rings. The van der Waals surface area contributed by atoms with Crippen LogP contribution in [-0.2, 0) is 16.1 Å². The second-order valence-electron chi connectivity index (χ2n) is 10.8. The van der Waals surface area contributed by atoms with Gasteiger partial charge in [-0.1, -0.05) is 35.9 Å². The Kier molecular flexibility index (Phi) is 9.56. The Balaban J connectivity index is 1.05. The molecule has 0 saturated carbocycles. The Morgan fingerprint density at radius 1 is 1.00 bits per heavy atom. The van der Waals surface area contributed by atoms with E-state index in [2.05, 4.69) is 43.5 Å². The Bertz CT molecular complexity index is 955. The van der Waals surface area contributed by atoms with E-state index in [0.717, 1.165) is 89.9 Å². The van der Waals surface area contributed by atoms with Gasteiger partial charge < -0.3 is 15.4 Å². The fourth-order valence-corrected chi connectivity index (χ4v) is 6.26. The third kappa shape index (κ3) is 7.36. The summed E-state index contributed by atoms with van der Waals surface area (Å²) in [6, 6.07) is 8.86. The fraction of sp³-hybridized carbons (Fsp3) is 0.621. The zero-order valence-electron chi connectivity index (χ0n) is 21.9. The molecule has 0 aromatic heterocycles. The van der Waals surface area contributed by atoms with E-state index in [-0.39, 0.29) is 12.1 Å². The third-order valence-corrected chi connectivity index (χ3v) is 8.75. The SMILES string of the molecule is O=C(NCC1CCOCC1)C1=CC=CC(N2CCCN(C3CCN(Cc4ccccc4Cl)CC3)CC2)N1. The van der Waals surface area contributed by atoms with Crippen LogP contribution in [0.2, 0.25) is 5.02 Å². The highest BCUT2D eigenvalue weighted by atomic mass is 35.5. The molecular formula is C29H42ClN5O2. The van der Waals surface area contributed by atoms with Crippen LogP contribution in [-0.4, -0.2) is 91.8 Å². The van der Waals surface area contributed by atoms with Gasteiger partial charge in [0, 0.05) is 57.0 Å². The first kappa shape index (κ1) is 26.7. The number of hydrogen-bond donors (Lipinski definition) is 2. The third-order valence-electron chi connectivity index (χ3n) is 8.38. The van der Waals surface area contributed by atoms with Gasteiger partial charge in [-0.3, -0.25) is 19.5 Å². The molecule has 0 radical (unpaired) electrons. The van der Waals surface area contributed by atoms with Crippen LogP contribution in [0.1, 0.15) is 37.7 Å². The van der Waals surface area contributed by atoms with Crippen molar-refractivity contribution in [3.05, 3.63) is 58.8 Å². The Labute approximate surface area is 226 Å². The number of benzene rings is 1. The zero-order chi connectivity index (χ0) is 25.5. The van der Waals surface area contributed by atoms with Gasteiger partial charge in [0.25, 0.3) is 5.91 Å². The summed E-state index contributed by atoms with van der Waals surface area (Å²) in [7, 11) is 0. The molecule has 1 unspecified atom stereocenters. The molecule has 1 amide bonds. The van der Waals surface area contributed by atoms with Gasteiger partial charge in [0.15, 0.2) is 0 Å². The van der Waals surface area contributed by atoms with E-state index in [1.807, 2.05) is 24.3 Å². The Morgan fingerprint density at radius 2 is 1.76 bits per heavy atom. The van der Waals surface area contributed by atoms with E-state index in [9.17, 15) is 4.79 Å². The number of likely N-dealkylation sites (tertiary alicyclic amines) is 1. The van der Waals surface area contributed by atoms with Crippen molar-refractivity contribution in [2.24, 2.45) is 5.92 Å². The van der Waals surface area contributed by atoms with E-state index in [0.29, 0.717) is 17.7 Å². The molecule has 3 fully saturated rings. The number of hydrogen-bond acceptors (Lipinski definition) is 6. The standard InChI is InChI=1S/C29H42ClN5O2/c30-26-6-2-1-5-24(26)22-33-15-9-25(10-16-33)34-13-4-14-35(18-17-34)28-8-3-7-27(32-28)29(36)31-21-23-11-19-37-20-12-23/h1-3,5-8,23,25,28,32H,4,9-22H2,(H,31,36). The molecular weight excluding hydrogens is 486 g/mol. The summed E-state index contributed by atoms with van der Waals surface area (Å²) in [5.41, 5.74) is 1.90. The van der Waals surface area contributed by atoms with Gasteiger partial charge in [0.2, 0.25) is 0 Å². The van der Waals surface area contributed by atoms with Crippen LogP contribution >= 0.6 is 11.6 Å². The van der Waals surface area contributed by atoms with Crippen LogP contribution in [0.3, 0.4) is 0 Å². The largest absolute Gasteiger partial charge is 0.381 e. The van der Waals surface area contributed by atoms with Crippen molar-refractivity contribution >= 4 is 17.5 Å². The molecule has 0 bridgehead atoms. The molecule has 4 heterocycles. The van der Waals surface area contributed by atoms with E-state index in [1.165, 1.54) is 18.4 Å². The maximum absolute atomic E-state index is 12.8. The summed E-state index contributed by atoms with van der Waals surface area (Å²) in [4.78, 5) is 20.5. The number of carbonyl (C=O) groups excluding carboxylic acids is 1. The van der Waals surface area contributed by atoms with Gasteiger partial charge in [-0.15, -0.1) is 0 Å². The first-order valence-electron chi connectivity index (χ1n) is 14.1. The van der Waals surface area contributed by atoms with Crippen molar-refractivity contribution in [3.8, 4) is 0 Å². The second kappa shape index (κ2) is 13.3. The average Bonchev–Trinajstić information content (AvgIpc) is 3.21. The molecule has 0 spiro atoms. The highest BCUT2D eigenvalue weighted by Gasteiger charge is 2.29. The molecule has 37 heavy (non-hydrogen) atoms. The van der Waals surface area contributed by atoms with E-state index in [1.54, 1.807) is 0 Å². The molecule has 2 N–H and O–H groups in total. The number of allylic oxidation sites excluding steroid dienone is 2. The average molecular weight is 528 g/mol. The van der Waals surface area contributed by atoms with Crippen LogP contribution in [0, 0.1) is 5.92 Å². The van der Waals surface area contributed by atoms with Crippen LogP contribution < -0.4 is 10.6 Å². The minimum absolute atomic E-state index is 0.000778. The maximum Gasteiger partial charge on any atom is 0.267 e. The van der Waals surface area contributed by atoms with E-state index in [4.69, 9.17) is 16.3 Å². The lowest BCUT2D eigenvalue weighted by molar-refractivity contribution is -0.118. The number of amides is 1. The van der Waals surface area contributed by atoms with Gasteiger partial charge in [-0.05, 0) is 81.4 Å². The normalized spacial score (nSPS) is 25.3. The van der Waals surface area contributed by atoms with Crippen molar-refractivity contribution in [2.45, 2.75) is 50.9 Å². The van der Waals surface area contributed by atoms with Crippen molar-refractivity contribution in [1.29, 1.82) is 0 Å². The minimum atomic E-state index is 0.000778. The van der Waals surface area contributed by atoms with Gasteiger partial charge in [-0.25, -0.2) is 0 Å². The molecule has 202 valence electrons. The lowest BCUT2D eigenvalue weighted by Gasteiger charge is -2.38. The topological polar surface area (TPSA) is 60.1 Å². The predicted octanol–water partition coefficient (Wildman–Crippen LogP) is 3.22. The zero-order valence-corrected chi connectivity index (χ0v) is 22.7. The second-order valence-corrected chi connectivity index (χ2v) is 11.3. The number of carbonyl (C=O) groups is 1. The molecule has 8 heteroatoms. The summed E-state index contributed by atoms with van der Waals surface area (Å²) < 4.78 is 5.43. The molecule has 5 rings (SSSR count). The highest BCUT2D eigenvalue weighted by molar-refractivity contribution is 6.31. The van der Waals surface area contributed by atoms with Crippen LogP contribution in [0.4, 0.5) is 0 Å². The monoisotopic (exact) mass is 527 g/mol. The maximum atomic E-state index is 12.8. The van der Waals surface area contributed by atoms with Gasteiger partial charge in [0.1, 0.15) is 5.70 Å². The quantitative estimate of drug-likeness (QED) is 0.568. The van der Waals surface area contributed by atoms with Crippen LogP contribution in [0.15, 0.2) is 48.2 Å². The number of ether oxygens (including phenoxy) is 1. The van der Waals surface area contributed by atoms with Gasteiger partial charge in [0.05, 0.1) is 6.17 Å². The fourth-order valence-electron chi connectivity index (χ4n) is 6.06. The van der Waals surface area contributed by atoms with Gasteiger partial charge in [-0.2, -0.15) is 0 Å². The van der Waals surface area contributed by atoms with Gasteiger partial charge >= 0.3 is 0 Å². The molecule has 1 aromatic carbocycles. The van der Waals surface area contributed by atoms with Crippen molar-refractivity contribution in [1.82, 2.24) is 25.3 Å². The summed E-state index contributed by atoms with van der Waals surface area (Å²) in [5, 5.41) is 7.50. The summed E-state index contributed by atoms with van der Waals surface area (Å²) >= 11 is 6.38. The van der Waals surface area contributed by atoms with E-state index >= 15 is 0 Å². The lowest BCUT2D eigenvalue weighted by Crippen LogP contribution is -2.50. The van der Waals surface area contributed by atoms with Crippen molar-refractivity contribution in [3.63, 3.8) is 0 Å². The Morgan fingerprint density at radius 3 is 2.57 bits per heavy atom. The predicted molar refractivity (Wildman–Crippen MR) is 148 cm³/mol. The van der Waals surface area contributed by atoms with Crippen LogP contribution in [0.5, 0.6) is 0 Å². The number of piperidine rings is 1. The molecule has 1 atom stereocenters. The summed E-state index contributed by atoms with van der Waals surface area (Å²) in [5.74, 6) is 0.522. The Hall–Kier alpha value is -1.90. The first-order valence-corrected chi connectivity index (χ1v) is 14.5. The van der Waals surface area contributed by atoms with Crippen molar-refractivity contribution < 1.29 is 9.53 Å². The molecule has 3 saturated heterocycles. The number of nitrogens with one attached hydrogen (secondary N) is 2. The first-order chi connectivity index (χ1) is 18.2. The smallest absolute Gasteiger partial charge is 0.267 e. The van der Waals surface area contributed by atoms with E-state index < -0.39 is 0 Å². The summed E-state index contributed by atoms with van der Waals surface area (Å²) in [6.45, 7) is 9.82.